The summed E-state index contributed by atoms with van der Waals surface area (Å²) in [4.78, 5) is 40.8. The van der Waals surface area contributed by atoms with Gasteiger partial charge in [-0.25, -0.2) is 13.2 Å². The number of imide groups is 1. The summed E-state index contributed by atoms with van der Waals surface area (Å²) in [6.07, 6.45) is 0.360. The molecule has 0 saturated carbocycles. The van der Waals surface area contributed by atoms with E-state index in [-0.39, 0.29) is 17.3 Å². The number of hydrogen-bond acceptors (Lipinski definition) is 6. The molecule has 0 radical (unpaired) electrons. The Morgan fingerprint density at radius 3 is 2.70 bits per heavy atom. The van der Waals surface area contributed by atoms with Crippen LogP contribution in [0.1, 0.15) is 26.0 Å². The Morgan fingerprint density at radius 2 is 2.07 bits per heavy atom. The molecule has 30 heavy (non-hydrogen) atoms. The third-order valence-corrected chi connectivity index (χ3v) is 7.55. The number of sulfone groups is 1. The third kappa shape index (κ3) is 3.34. The van der Waals surface area contributed by atoms with E-state index in [2.05, 4.69) is 5.32 Å². The largest absolute Gasteiger partial charge is 0.458 e. The maximum absolute atomic E-state index is 13.1. The van der Waals surface area contributed by atoms with Crippen molar-refractivity contribution in [3.63, 3.8) is 0 Å². The van der Waals surface area contributed by atoms with Crippen LogP contribution in [0.4, 0.5) is 4.79 Å². The molecule has 0 aliphatic carbocycles. The molecule has 2 atom stereocenters. The van der Waals surface area contributed by atoms with Crippen LogP contribution >= 0.6 is 0 Å². The van der Waals surface area contributed by atoms with E-state index in [1.54, 1.807) is 25.1 Å². The molecule has 2 aliphatic heterocycles. The lowest BCUT2D eigenvalue weighted by molar-refractivity contribution is -0.140. The first kappa shape index (κ1) is 20.4. The number of benzene rings is 1. The van der Waals surface area contributed by atoms with Crippen molar-refractivity contribution in [1.82, 2.24) is 15.1 Å². The SMILES string of the molecule is CCN(C(=O)CN1C(=O)N[C@](C)(c2cc3ccccc3o2)C1=O)[C@@H]1CCS(=O)(=O)C1. The van der Waals surface area contributed by atoms with Crippen LogP contribution in [0.5, 0.6) is 0 Å². The Hall–Kier alpha value is -2.88. The average Bonchev–Trinajstić information content (AvgIpc) is 3.34. The van der Waals surface area contributed by atoms with E-state index >= 15 is 0 Å². The molecule has 4 amide bonds. The van der Waals surface area contributed by atoms with Crippen LogP contribution in [-0.4, -0.2) is 66.7 Å². The fraction of sp³-hybridized carbons (Fsp3) is 0.450. The topological polar surface area (TPSA) is 117 Å². The van der Waals surface area contributed by atoms with E-state index < -0.39 is 45.8 Å². The Morgan fingerprint density at radius 1 is 1.33 bits per heavy atom. The average molecular weight is 433 g/mol. The summed E-state index contributed by atoms with van der Waals surface area (Å²) in [5, 5.41) is 3.43. The number of carbonyl (C=O) groups is 3. The van der Waals surface area contributed by atoms with Crippen molar-refractivity contribution in [2.45, 2.75) is 31.8 Å². The molecule has 1 aromatic heterocycles. The first-order valence-electron chi connectivity index (χ1n) is 9.77. The zero-order valence-corrected chi connectivity index (χ0v) is 17.6. The molecule has 2 fully saturated rings. The quantitative estimate of drug-likeness (QED) is 0.709. The molecule has 1 N–H and O–H groups in total. The third-order valence-electron chi connectivity index (χ3n) is 5.80. The Labute approximate surface area is 173 Å². The lowest BCUT2D eigenvalue weighted by Gasteiger charge is -2.28. The van der Waals surface area contributed by atoms with E-state index in [4.69, 9.17) is 4.42 Å². The summed E-state index contributed by atoms with van der Waals surface area (Å²) >= 11 is 0. The summed E-state index contributed by atoms with van der Waals surface area (Å²) in [6.45, 7) is 3.12. The molecule has 0 bridgehead atoms. The predicted octanol–water partition coefficient (Wildman–Crippen LogP) is 1.24. The number of fused-ring (bicyclic) bond motifs is 1. The van der Waals surface area contributed by atoms with Crippen molar-refractivity contribution >= 4 is 38.7 Å². The number of likely N-dealkylation sites (N-methyl/N-ethyl adjacent to an activating group) is 1. The van der Waals surface area contributed by atoms with E-state index in [1.165, 1.54) is 11.8 Å². The summed E-state index contributed by atoms with van der Waals surface area (Å²) < 4.78 is 29.3. The normalized spacial score (nSPS) is 25.7. The number of urea groups is 1. The van der Waals surface area contributed by atoms with Crippen LogP contribution in [0.2, 0.25) is 0 Å². The molecule has 2 aromatic rings. The van der Waals surface area contributed by atoms with Crippen molar-refractivity contribution < 1.29 is 27.2 Å². The molecule has 0 unspecified atom stereocenters. The number of amides is 4. The number of furan rings is 1. The van der Waals surface area contributed by atoms with E-state index in [0.717, 1.165) is 10.3 Å². The summed E-state index contributed by atoms with van der Waals surface area (Å²) in [6, 6.07) is 7.82. The maximum Gasteiger partial charge on any atom is 0.325 e. The van der Waals surface area contributed by atoms with Gasteiger partial charge in [0.2, 0.25) is 5.91 Å². The van der Waals surface area contributed by atoms with E-state index in [0.29, 0.717) is 18.5 Å². The van der Waals surface area contributed by atoms with Crippen molar-refractivity contribution in [2.75, 3.05) is 24.6 Å². The highest BCUT2D eigenvalue weighted by atomic mass is 32.2. The number of carbonyl (C=O) groups excluding carboxylic acids is 3. The highest BCUT2D eigenvalue weighted by Gasteiger charge is 2.52. The fourth-order valence-corrected chi connectivity index (χ4v) is 5.85. The molecule has 1 aromatic carbocycles. The van der Waals surface area contributed by atoms with Crippen LogP contribution in [0.25, 0.3) is 11.0 Å². The summed E-state index contributed by atoms with van der Waals surface area (Å²) in [7, 11) is -3.17. The van der Waals surface area contributed by atoms with Crippen molar-refractivity contribution in [3.8, 4) is 0 Å². The highest BCUT2D eigenvalue weighted by molar-refractivity contribution is 7.91. The molecule has 2 aliphatic rings. The number of nitrogens with zero attached hydrogens (tertiary/aromatic N) is 2. The minimum atomic E-state index is -3.17. The standard InChI is InChI=1S/C20H23N3O6S/c1-3-22(14-8-9-30(27,28)12-14)17(24)11-23-18(25)20(2,21-19(23)26)16-10-13-6-4-5-7-15(13)29-16/h4-7,10,14H,3,8-9,11-12H2,1-2H3,(H,21,26)/t14-,20-/m1/s1. The molecule has 2 saturated heterocycles. The smallest absolute Gasteiger partial charge is 0.325 e. The second-order valence-corrected chi connectivity index (χ2v) is 10.1. The molecule has 9 nitrogen and oxygen atoms in total. The molecular formula is C20H23N3O6S. The molecule has 4 rings (SSSR count). The van der Waals surface area contributed by atoms with Crippen LogP contribution < -0.4 is 5.32 Å². The summed E-state index contributed by atoms with van der Waals surface area (Å²) in [5.41, 5.74) is -0.839. The zero-order valence-electron chi connectivity index (χ0n) is 16.8. The van der Waals surface area contributed by atoms with Gasteiger partial charge in [0, 0.05) is 18.0 Å². The highest BCUT2D eigenvalue weighted by Crippen LogP contribution is 2.33. The predicted molar refractivity (Wildman–Crippen MR) is 108 cm³/mol. The van der Waals surface area contributed by atoms with Crippen LogP contribution in [0.3, 0.4) is 0 Å². The second kappa shape index (κ2) is 7.12. The van der Waals surface area contributed by atoms with Gasteiger partial charge in [0.15, 0.2) is 15.4 Å². The number of rotatable bonds is 5. The van der Waals surface area contributed by atoms with Gasteiger partial charge in [-0.1, -0.05) is 18.2 Å². The van der Waals surface area contributed by atoms with Gasteiger partial charge in [-0.2, -0.15) is 0 Å². The Bertz CT molecular complexity index is 1110. The Balaban J connectivity index is 1.54. The summed E-state index contributed by atoms with van der Waals surface area (Å²) in [5.74, 6) is -0.823. The van der Waals surface area contributed by atoms with Crippen molar-refractivity contribution in [1.29, 1.82) is 0 Å². The zero-order chi connectivity index (χ0) is 21.7. The van der Waals surface area contributed by atoms with E-state index in [9.17, 15) is 22.8 Å². The Kier molecular flexibility index (Phi) is 4.84. The van der Waals surface area contributed by atoms with Gasteiger partial charge in [0.25, 0.3) is 5.91 Å². The van der Waals surface area contributed by atoms with Gasteiger partial charge < -0.3 is 14.6 Å². The fourth-order valence-electron chi connectivity index (χ4n) is 4.12. The number of para-hydroxylation sites is 1. The van der Waals surface area contributed by atoms with Gasteiger partial charge in [-0.3, -0.25) is 14.5 Å². The minimum Gasteiger partial charge on any atom is -0.458 e. The monoisotopic (exact) mass is 433 g/mol. The molecule has 10 heteroatoms. The van der Waals surface area contributed by atoms with Gasteiger partial charge in [0.1, 0.15) is 17.9 Å². The molecule has 160 valence electrons. The maximum atomic E-state index is 13.1. The second-order valence-electron chi connectivity index (χ2n) is 7.83. The lowest BCUT2D eigenvalue weighted by Crippen LogP contribution is -2.48. The lowest BCUT2D eigenvalue weighted by atomic mass is 9.99. The van der Waals surface area contributed by atoms with Crippen molar-refractivity contribution in [3.05, 3.63) is 36.1 Å². The van der Waals surface area contributed by atoms with Gasteiger partial charge in [-0.15, -0.1) is 0 Å². The molecule has 0 spiro atoms. The van der Waals surface area contributed by atoms with E-state index in [1.807, 2.05) is 12.1 Å². The van der Waals surface area contributed by atoms with Crippen LogP contribution in [0, 0.1) is 0 Å². The van der Waals surface area contributed by atoms with Gasteiger partial charge in [0.05, 0.1) is 11.5 Å². The van der Waals surface area contributed by atoms with Crippen molar-refractivity contribution in [2.24, 2.45) is 0 Å². The first-order chi connectivity index (χ1) is 14.1. The number of nitrogens with one attached hydrogen (secondary N) is 1. The van der Waals surface area contributed by atoms with Crippen LogP contribution in [-0.2, 0) is 25.0 Å². The van der Waals surface area contributed by atoms with Gasteiger partial charge in [-0.05, 0) is 32.4 Å². The van der Waals surface area contributed by atoms with Gasteiger partial charge >= 0.3 is 6.03 Å². The first-order valence-corrected chi connectivity index (χ1v) is 11.6. The molecule has 3 heterocycles. The van der Waals surface area contributed by atoms with Crippen LogP contribution in [0.15, 0.2) is 34.7 Å². The molecular weight excluding hydrogens is 410 g/mol. The number of hydrogen-bond donors (Lipinski definition) is 1. The minimum absolute atomic E-state index is 0.0364.